The number of amides is 1. The number of rotatable bonds is 9. The molecule has 3 aromatic carbocycles. The fraction of sp³-hybridized carbons (Fsp3) is 0.176. The normalized spacial score (nSPS) is 14.3. The van der Waals surface area contributed by atoms with Crippen LogP contribution in [0, 0.1) is 0 Å². The van der Waals surface area contributed by atoms with Crippen LogP contribution in [0.25, 0.3) is 11.1 Å². The third-order valence-electron chi connectivity index (χ3n) is 7.48. The highest BCUT2D eigenvalue weighted by molar-refractivity contribution is 6.05. The largest absolute Gasteiger partial charge is 0.480 e. The first-order valence-electron chi connectivity index (χ1n) is 13.8. The highest BCUT2D eigenvalue weighted by Crippen LogP contribution is 2.44. The molecule has 0 spiro atoms. The maximum atomic E-state index is 12.8. The Morgan fingerprint density at radius 2 is 1.45 bits per heavy atom. The van der Waals surface area contributed by atoms with Gasteiger partial charge in [0.15, 0.2) is 0 Å². The van der Waals surface area contributed by atoms with E-state index in [1.807, 2.05) is 48.5 Å². The van der Waals surface area contributed by atoms with Gasteiger partial charge in [0.1, 0.15) is 18.3 Å². The summed E-state index contributed by atoms with van der Waals surface area (Å²) >= 11 is 0. The summed E-state index contributed by atoms with van der Waals surface area (Å²) in [6, 6.07) is 21.3. The van der Waals surface area contributed by atoms with Crippen molar-refractivity contribution in [3.8, 4) is 11.1 Å². The van der Waals surface area contributed by atoms with E-state index < -0.39 is 30.0 Å². The van der Waals surface area contributed by atoms with Crippen molar-refractivity contribution < 1.29 is 38.5 Å². The van der Waals surface area contributed by atoms with Gasteiger partial charge in [-0.05, 0) is 52.1 Å². The molecule has 2 aliphatic rings. The SMILES string of the molecule is COC(=O)C1=C(C(=O)OC)N(c2ccc(CC(NC(=O)OCC3c4ccccc4-c4ccccc43)C(=O)O)cc2)C=CC=C1. The van der Waals surface area contributed by atoms with Crippen LogP contribution in [0.4, 0.5) is 10.5 Å². The van der Waals surface area contributed by atoms with Crippen LogP contribution in [0.5, 0.6) is 0 Å². The molecule has 0 fully saturated rings. The number of nitrogens with zero attached hydrogens (tertiary/aromatic N) is 1. The van der Waals surface area contributed by atoms with E-state index >= 15 is 0 Å². The molecule has 0 bridgehead atoms. The molecule has 1 heterocycles. The predicted octanol–water partition coefficient (Wildman–Crippen LogP) is 4.71. The second-order valence-electron chi connectivity index (χ2n) is 10.0. The zero-order chi connectivity index (χ0) is 31.2. The molecule has 1 aliphatic heterocycles. The topological polar surface area (TPSA) is 131 Å². The van der Waals surface area contributed by atoms with Crippen LogP contribution in [-0.4, -0.2) is 56.0 Å². The van der Waals surface area contributed by atoms with Crippen LogP contribution in [0.15, 0.2) is 108 Å². The van der Waals surface area contributed by atoms with Gasteiger partial charge in [-0.3, -0.25) is 0 Å². The number of benzene rings is 3. The Morgan fingerprint density at radius 1 is 0.841 bits per heavy atom. The molecule has 0 saturated heterocycles. The second kappa shape index (κ2) is 13.1. The van der Waals surface area contributed by atoms with E-state index in [9.17, 15) is 24.3 Å². The number of alkyl carbamates (subject to hydrolysis) is 1. The summed E-state index contributed by atoms with van der Waals surface area (Å²) < 4.78 is 15.3. The maximum Gasteiger partial charge on any atom is 0.407 e. The van der Waals surface area contributed by atoms with Gasteiger partial charge < -0.3 is 29.5 Å². The molecule has 10 heteroatoms. The van der Waals surface area contributed by atoms with Crippen molar-refractivity contribution in [3.05, 3.63) is 125 Å². The Kier molecular flexibility index (Phi) is 8.90. The van der Waals surface area contributed by atoms with Gasteiger partial charge in [-0.2, -0.15) is 0 Å². The summed E-state index contributed by atoms with van der Waals surface area (Å²) in [4.78, 5) is 51.4. The summed E-state index contributed by atoms with van der Waals surface area (Å²) in [6.45, 7) is 0.0582. The molecule has 1 unspecified atom stereocenters. The number of carbonyl (C=O) groups is 4. The summed E-state index contributed by atoms with van der Waals surface area (Å²) in [5.41, 5.74) is 5.36. The minimum absolute atomic E-state index is 0.00617. The molecule has 1 aliphatic carbocycles. The van der Waals surface area contributed by atoms with E-state index in [1.165, 1.54) is 25.2 Å². The number of ether oxygens (including phenoxy) is 3. The van der Waals surface area contributed by atoms with Crippen molar-refractivity contribution in [3.63, 3.8) is 0 Å². The molecule has 0 aromatic heterocycles. The standard InChI is InChI=1S/C34H30N2O8/c1-42-32(39)27-13-7-8-18-36(30(27)33(40)43-2)22-16-14-21(15-17-22)19-29(31(37)38)35-34(41)44-20-28-25-11-5-3-9-23(25)24-10-4-6-12-26(24)28/h3-18,28-29H,19-20H2,1-2H3,(H,35,41)(H,37,38). The number of aliphatic carboxylic acids is 1. The lowest BCUT2D eigenvalue weighted by Crippen LogP contribution is -2.42. The first-order chi connectivity index (χ1) is 21.3. The minimum Gasteiger partial charge on any atom is -0.480 e. The van der Waals surface area contributed by atoms with Crippen molar-refractivity contribution in [1.82, 2.24) is 5.32 Å². The number of esters is 2. The van der Waals surface area contributed by atoms with Crippen LogP contribution in [0.1, 0.15) is 22.6 Å². The van der Waals surface area contributed by atoms with Gasteiger partial charge in [0.25, 0.3) is 0 Å². The van der Waals surface area contributed by atoms with E-state index in [-0.39, 0.29) is 30.2 Å². The molecule has 0 radical (unpaired) electrons. The Morgan fingerprint density at radius 3 is 2.05 bits per heavy atom. The van der Waals surface area contributed by atoms with E-state index in [1.54, 1.807) is 42.6 Å². The predicted molar refractivity (Wildman–Crippen MR) is 162 cm³/mol. The zero-order valence-electron chi connectivity index (χ0n) is 24.1. The molecule has 1 amide bonds. The summed E-state index contributed by atoms with van der Waals surface area (Å²) in [6.07, 6.45) is 5.43. The highest BCUT2D eigenvalue weighted by atomic mass is 16.5. The average Bonchev–Trinajstić information content (AvgIpc) is 3.19. The Bertz CT molecular complexity index is 1640. The number of allylic oxidation sites excluding steroid dienone is 2. The van der Waals surface area contributed by atoms with E-state index in [4.69, 9.17) is 14.2 Å². The van der Waals surface area contributed by atoms with Crippen molar-refractivity contribution >= 4 is 29.7 Å². The van der Waals surface area contributed by atoms with E-state index in [0.29, 0.717) is 11.3 Å². The fourth-order valence-corrected chi connectivity index (χ4v) is 5.38. The van der Waals surface area contributed by atoms with Gasteiger partial charge in [-0.25, -0.2) is 19.2 Å². The molecular formula is C34H30N2O8. The van der Waals surface area contributed by atoms with Crippen molar-refractivity contribution in [2.45, 2.75) is 18.4 Å². The lowest BCUT2D eigenvalue weighted by Gasteiger charge is -2.23. The van der Waals surface area contributed by atoms with Gasteiger partial charge in [-0.1, -0.05) is 66.7 Å². The summed E-state index contributed by atoms with van der Waals surface area (Å²) in [5, 5.41) is 12.3. The number of carboxylic acids is 1. The van der Waals surface area contributed by atoms with Crippen LogP contribution in [0.3, 0.4) is 0 Å². The van der Waals surface area contributed by atoms with Crippen molar-refractivity contribution in [2.75, 3.05) is 25.7 Å². The van der Waals surface area contributed by atoms with Crippen LogP contribution in [0.2, 0.25) is 0 Å². The van der Waals surface area contributed by atoms with Crippen LogP contribution >= 0.6 is 0 Å². The van der Waals surface area contributed by atoms with Crippen LogP contribution < -0.4 is 10.2 Å². The Balaban J connectivity index is 1.27. The third kappa shape index (κ3) is 6.10. The quantitative estimate of drug-likeness (QED) is 0.267. The second-order valence-corrected chi connectivity index (χ2v) is 10.0. The maximum absolute atomic E-state index is 12.8. The molecule has 224 valence electrons. The van der Waals surface area contributed by atoms with Gasteiger partial charge in [0.2, 0.25) is 0 Å². The Hall–Kier alpha value is -5.64. The van der Waals surface area contributed by atoms with Gasteiger partial charge in [-0.15, -0.1) is 0 Å². The van der Waals surface area contributed by atoms with Gasteiger partial charge in [0, 0.05) is 24.2 Å². The molecule has 2 N–H and O–H groups in total. The lowest BCUT2D eigenvalue weighted by molar-refractivity contribution is -0.139. The Labute approximate surface area is 253 Å². The monoisotopic (exact) mass is 594 g/mol. The van der Waals surface area contributed by atoms with Gasteiger partial charge >= 0.3 is 24.0 Å². The van der Waals surface area contributed by atoms with Gasteiger partial charge in [0.05, 0.1) is 19.8 Å². The number of carboxylic acid groups (broad SMARTS) is 1. The molecule has 44 heavy (non-hydrogen) atoms. The first kappa shape index (κ1) is 29.8. The highest BCUT2D eigenvalue weighted by Gasteiger charge is 2.30. The number of hydrogen-bond acceptors (Lipinski definition) is 8. The van der Waals surface area contributed by atoms with Crippen molar-refractivity contribution in [1.29, 1.82) is 0 Å². The minimum atomic E-state index is -1.25. The van der Waals surface area contributed by atoms with E-state index in [2.05, 4.69) is 5.32 Å². The number of hydrogen-bond donors (Lipinski definition) is 2. The molecule has 5 rings (SSSR count). The summed E-state index contributed by atoms with van der Waals surface area (Å²) in [7, 11) is 2.42. The van der Waals surface area contributed by atoms with Crippen molar-refractivity contribution in [2.24, 2.45) is 0 Å². The number of anilines is 1. The molecule has 10 nitrogen and oxygen atoms in total. The number of nitrogens with one attached hydrogen (secondary N) is 1. The average molecular weight is 595 g/mol. The number of methoxy groups -OCH3 is 2. The number of carbonyl (C=O) groups excluding carboxylic acids is 3. The summed E-state index contributed by atoms with van der Waals surface area (Å²) in [5.74, 6) is -2.84. The number of fused-ring (bicyclic) bond motifs is 3. The fourth-order valence-electron chi connectivity index (χ4n) is 5.38. The molecule has 3 aromatic rings. The molecule has 0 saturated carbocycles. The zero-order valence-corrected chi connectivity index (χ0v) is 24.1. The van der Waals surface area contributed by atoms with E-state index in [0.717, 1.165) is 22.3 Å². The lowest BCUT2D eigenvalue weighted by atomic mass is 9.98. The first-order valence-corrected chi connectivity index (χ1v) is 13.8. The molecular weight excluding hydrogens is 564 g/mol. The smallest absolute Gasteiger partial charge is 0.407 e. The third-order valence-corrected chi connectivity index (χ3v) is 7.48. The van der Waals surface area contributed by atoms with Crippen LogP contribution in [-0.2, 0) is 35.0 Å². The molecule has 1 atom stereocenters.